The summed E-state index contributed by atoms with van der Waals surface area (Å²) < 4.78 is 33.0. The molecule has 0 saturated carbocycles. The predicted molar refractivity (Wildman–Crippen MR) is 199 cm³/mol. The minimum Gasteiger partial charge on any atom is -0.369 e. The average molecular weight is 687 g/mol. The Kier molecular flexibility index (Phi) is 21.3. The molecule has 0 amide bonds. The van der Waals surface area contributed by atoms with E-state index in [1.807, 2.05) is 18.2 Å². The number of aromatic nitrogens is 4. The fraction of sp³-hybridized carbons (Fsp3) is 0.825. The monoisotopic (exact) mass is 687 g/mol. The van der Waals surface area contributed by atoms with E-state index in [0.717, 1.165) is 18.8 Å². The van der Waals surface area contributed by atoms with Crippen molar-refractivity contribution in [2.75, 3.05) is 5.75 Å². The Morgan fingerprint density at radius 3 is 1.69 bits per heavy atom. The van der Waals surface area contributed by atoms with Crippen LogP contribution in [0.1, 0.15) is 187 Å². The molecule has 0 radical (unpaired) electrons. The van der Waals surface area contributed by atoms with Gasteiger partial charge in [0, 0.05) is 0 Å². The molecular formula is C40H70N4O3S. The van der Waals surface area contributed by atoms with Crippen LogP contribution in [0.3, 0.4) is 0 Å². The van der Waals surface area contributed by atoms with Crippen LogP contribution in [0, 0.1) is 5.92 Å². The Bertz CT molecular complexity index is 1160. The van der Waals surface area contributed by atoms with Gasteiger partial charge in [-0.1, -0.05) is 191 Å². The molecule has 2 aromatic rings. The quantitative estimate of drug-likeness (QED) is 0.0562. The van der Waals surface area contributed by atoms with Gasteiger partial charge in [-0.15, -0.1) is 0 Å². The zero-order valence-electron chi connectivity index (χ0n) is 30.8. The minimum atomic E-state index is -3.51. The number of ether oxygens (including phenoxy) is 1. The van der Waals surface area contributed by atoms with Gasteiger partial charge in [-0.3, -0.25) is 0 Å². The van der Waals surface area contributed by atoms with Crippen molar-refractivity contribution in [3.05, 3.63) is 30.3 Å². The van der Waals surface area contributed by atoms with Crippen LogP contribution in [0.4, 0.5) is 0 Å². The molecule has 274 valence electrons. The lowest BCUT2D eigenvalue weighted by atomic mass is 9.95. The van der Waals surface area contributed by atoms with Crippen LogP contribution in [0.15, 0.2) is 35.5 Å². The summed E-state index contributed by atoms with van der Waals surface area (Å²) in [7, 11) is -3.51. The highest BCUT2D eigenvalue weighted by molar-refractivity contribution is 7.91. The Morgan fingerprint density at radius 2 is 1.15 bits per heavy atom. The highest BCUT2D eigenvalue weighted by atomic mass is 32.2. The molecule has 1 aromatic heterocycles. The van der Waals surface area contributed by atoms with Gasteiger partial charge in [-0.2, -0.15) is 4.68 Å². The van der Waals surface area contributed by atoms with Crippen molar-refractivity contribution in [2.45, 2.75) is 205 Å². The van der Waals surface area contributed by atoms with Crippen LogP contribution < -0.4 is 0 Å². The first-order valence-electron chi connectivity index (χ1n) is 20.2. The van der Waals surface area contributed by atoms with Crippen molar-refractivity contribution in [3.8, 4) is 5.69 Å². The highest BCUT2D eigenvalue weighted by Gasteiger charge is 2.41. The predicted octanol–water partition coefficient (Wildman–Crippen LogP) is 11.4. The number of sulfone groups is 1. The molecule has 2 heterocycles. The third kappa shape index (κ3) is 17.2. The third-order valence-corrected chi connectivity index (χ3v) is 12.0. The SMILES string of the molecule is CCCCCCCCCCCCCCCC[C@@H](C)[C@@H]1O[C@H]1CCCCCCCCCCCCCS(=O)(=O)c1nnnn1-c1ccccc1. The summed E-state index contributed by atoms with van der Waals surface area (Å²) in [6.07, 6.45) is 36.7. The first-order chi connectivity index (χ1) is 23.5. The van der Waals surface area contributed by atoms with Crippen LogP contribution in [0.25, 0.3) is 5.69 Å². The maximum atomic E-state index is 12.8. The van der Waals surface area contributed by atoms with E-state index in [9.17, 15) is 8.42 Å². The number of rotatable bonds is 32. The largest absolute Gasteiger partial charge is 0.369 e. The summed E-state index contributed by atoms with van der Waals surface area (Å²) in [5.41, 5.74) is 0.655. The van der Waals surface area contributed by atoms with E-state index in [1.54, 1.807) is 12.1 Å². The standard InChI is InChI=1S/C40H70N4O3S/c1-3-4-5-6-7-8-9-10-11-13-16-19-22-26-31-36(2)39-38(47-39)34-29-23-20-17-14-12-15-18-21-24-30-35-48(45,46)40-41-42-43-44(40)37-32-27-25-28-33-37/h25,27-28,32-33,36,38-39H,3-24,26,29-31,34-35H2,1-2H3/t36-,38+,39+/m1/s1. The molecule has 0 N–H and O–H groups in total. The van der Waals surface area contributed by atoms with Crippen LogP contribution in [0.2, 0.25) is 0 Å². The molecule has 0 spiro atoms. The second-order valence-electron chi connectivity index (χ2n) is 14.7. The van der Waals surface area contributed by atoms with Crippen molar-refractivity contribution in [1.82, 2.24) is 20.2 Å². The molecule has 48 heavy (non-hydrogen) atoms. The molecule has 3 atom stereocenters. The number of nitrogens with zero attached hydrogens (tertiary/aromatic N) is 4. The summed E-state index contributed by atoms with van der Waals surface area (Å²) in [6, 6.07) is 9.17. The van der Waals surface area contributed by atoms with Crippen LogP contribution >= 0.6 is 0 Å². The van der Waals surface area contributed by atoms with Crippen LogP contribution in [-0.4, -0.2) is 46.6 Å². The minimum absolute atomic E-state index is 0.0665. The molecule has 0 aliphatic carbocycles. The van der Waals surface area contributed by atoms with Crippen molar-refractivity contribution in [3.63, 3.8) is 0 Å². The third-order valence-electron chi connectivity index (χ3n) is 10.3. The van der Waals surface area contributed by atoms with E-state index in [4.69, 9.17) is 4.74 Å². The fourth-order valence-electron chi connectivity index (χ4n) is 7.14. The molecule has 0 unspecified atom stereocenters. The van der Waals surface area contributed by atoms with Crippen LogP contribution in [0.5, 0.6) is 0 Å². The van der Waals surface area contributed by atoms with E-state index in [0.29, 0.717) is 24.3 Å². The maximum Gasteiger partial charge on any atom is 0.272 e. The zero-order chi connectivity index (χ0) is 34.1. The summed E-state index contributed by atoms with van der Waals surface area (Å²) in [5.74, 6) is 0.820. The Labute approximate surface area is 294 Å². The number of hydrogen-bond acceptors (Lipinski definition) is 6. The molecule has 8 heteroatoms. The van der Waals surface area contributed by atoms with Crippen molar-refractivity contribution < 1.29 is 13.2 Å². The van der Waals surface area contributed by atoms with Crippen LogP contribution in [-0.2, 0) is 14.6 Å². The normalized spacial score (nSPS) is 16.8. The molecule has 3 rings (SSSR count). The van der Waals surface area contributed by atoms with E-state index in [-0.39, 0.29) is 10.9 Å². The molecule has 0 bridgehead atoms. The van der Waals surface area contributed by atoms with Gasteiger partial charge < -0.3 is 4.74 Å². The number of unbranched alkanes of at least 4 members (excludes halogenated alkanes) is 23. The molecule has 1 saturated heterocycles. The van der Waals surface area contributed by atoms with Gasteiger partial charge in [0.2, 0.25) is 9.84 Å². The number of para-hydroxylation sites is 1. The van der Waals surface area contributed by atoms with Gasteiger partial charge >= 0.3 is 0 Å². The molecule has 1 aliphatic heterocycles. The first kappa shape index (κ1) is 40.6. The number of epoxide rings is 1. The second-order valence-corrected chi connectivity index (χ2v) is 16.7. The Balaban J connectivity index is 1.04. The Morgan fingerprint density at radius 1 is 0.667 bits per heavy atom. The topological polar surface area (TPSA) is 90.3 Å². The molecule has 1 aromatic carbocycles. The Hall–Kier alpha value is -1.80. The number of hydrogen-bond donors (Lipinski definition) is 0. The first-order valence-corrected chi connectivity index (χ1v) is 21.9. The number of benzene rings is 1. The molecular weight excluding hydrogens is 617 g/mol. The summed E-state index contributed by atoms with van der Waals surface area (Å²) in [5, 5.41) is 11.2. The van der Waals surface area contributed by atoms with E-state index in [2.05, 4.69) is 29.4 Å². The van der Waals surface area contributed by atoms with Crippen molar-refractivity contribution >= 4 is 9.84 Å². The van der Waals surface area contributed by atoms with Gasteiger partial charge in [0.25, 0.3) is 5.16 Å². The summed E-state index contributed by atoms with van der Waals surface area (Å²) >= 11 is 0. The van der Waals surface area contributed by atoms with Gasteiger partial charge in [-0.25, -0.2) is 8.42 Å². The molecule has 7 nitrogen and oxygen atoms in total. The van der Waals surface area contributed by atoms with Gasteiger partial charge in [0.15, 0.2) is 0 Å². The fourth-order valence-corrected chi connectivity index (χ4v) is 8.47. The van der Waals surface area contributed by atoms with E-state index < -0.39 is 9.84 Å². The summed E-state index contributed by atoms with van der Waals surface area (Å²) in [6.45, 7) is 4.70. The average Bonchev–Trinajstić information content (AvgIpc) is 3.69. The lowest BCUT2D eigenvalue weighted by Gasteiger charge is -2.08. The molecule has 1 fully saturated rings. The van der Waals surface area contributed by atoms with Crippen molar-refractivity contribution in [1.29, 1.82) is 0 Å². The summed E-state index contributed by atoms with van der Waals surface area (Å²) in [4.78, 5) is 0. The lowest BCUT2D eigenvalue weighted by Crippen LogP contribution is -2.14. The maximum absolute atomic E-state index is 12.8. The van der Waals surface area contributed by atoms with E-state index in [1.165, 1.54) is 159 Å². The van der Waals surface area contributed by atoms with Gasteiger partial charge in [0.1, 0.15) is 0 Å². The van der Waals surface area contributed by atoms with Gasteiger partial charge in [-0.05, 0) is 47.7 Å². The van der Waals surface area contributed by atoms with Crippen molar-refractivity contribution in [2.24, 2.45) is 5.92 Å². The zero-order valence-corrected chi connectivity index (χ0v) is 31.7. The number of tetrazole rings is 1. The lowest BCUT2D eigenvalue weighted by molar-refractivity contribution is 0.307. The highest BCUT2D eigenvalue weighted by Crippen LogP contribution is 2.36. The second kappa shape index (κ2) is 25.2. The van der Waals surface area contributed by atoms with Gasteiger partial charge in [0.05, 0.1) is 23.6 Å². The molecule has 1 aliphatic rings. The smallest absolute Gasteiger partial charge is 0.272 e. The van der Waals surface area contributed by atoms with E-state index >= 15 is 0 Å².